The normalized spacial score (nSPS) is 17.3. The van der Waals surface area contributed by atoms with Gasteiger partial charge in [0.2, 0.25) is 9.84 Å². The van der Waals surface area contributed by atoms with Gasteiger partial charge in [0.15, 0.2) is 0 Å². The van der Waals surface area contributed by atoms with Crippen molar-refractivity contribution < 1.29 is 13.5 Å². The lowest BCUT2D eigenvalue weighted by Crippen LogP contribution is -2.27. The first kappa shape index (κ1) is 19.2. The van der Waals surface area contributed by atoms with Crippen LogP contribution < -0.4 is 10.9 Å². The Balaban J connectivity index is 1.75. The van der Waals surface area contributed by atoms with Crippen molar-refractivity contribution in [1.29, 1.82) is 0 Å². The van der Waals surface area contributed by atoms with Crippen LogP contribution in [0.1, 0.15) is 24.8 Å². The summed E-state index contributed by atoms with van der Waals surface area (Å²) in [5, 5.41) is 15.8. The number of hydrogen-bond acceptors (Lipinski definition) is 5. The highest BCUT2D eigenvalue weighted by Crippen LogP contribution is 2.38. The van der Waals surface area contributed by atoms with E-state index in [1.165, 1.54) is 6.07 Å². The van der Waals surface area contributed by atoms with E-state index in [0.29, 0.717) is 34.1 Å². The topological polar surface area (TPSA) is 88.4 Å². The summed E-state index contributed by atoms with van der Waals surface area (Å²) in [6.07, 6.45) is 3.17. The van der Waals surface area contributed by atoms with Gasteiger partial charge >= 0.3 is 0 Å². The molecule has 0 atom stereocenters. The van der Waals surface area contributed by atoms with Crippen molar-refractivity contribution in [2.24, 2.45) is 5.92 Å². The fourth-order valence-corrected chi connectivity index (χ4v) is 5.41. The van der Waals surface area contributed by atoms with E-state index in [9.17, 15) is 18.3 Å². The third-order valence-electron chi connectivity index (χ3n) is 5.66. The number of fused-ring (bicyclic) bond motifs is 2. The number of para-hydroxylation sites is 1. The summed E-state index contributed by atoms with van der Waals surface area (Å²) in [5.41, 5.74) is 0.490. The van der Waals surface area contributed by atoms with Gasteiger partial charge < -0.3 is 15.0 Å². The summed E-state index contributed by atoms with van der Waals surface area (Å²) < 4.78 is 27.2. The number of anilines is 1. The first-order valence-corrected chi connectivity index (χ1v) is 11.7. The maximum Gasteiger partial charge on any atom is 0.264 e. The monoisotopic (exact) mass is 442 g/mol. The Kier molecular flexibility index (Phi) is 4.41. The van der Waals surface area contributed by atoms with Gasteiger partial charge in [-0.05, 0) is 42.7 Å². The number of halogens is 1. The zero-order valence-corrected chi connectivity index (χ0v) is 17.5. The van der Waals surface area contributed by atoms with E-state index in [1.54, 1.807) is 41.0 Å². The van der Waals surface area contributed by atoms with Gasteiger partial charge in [-0.1, -0.05) is 36.6 Å². The molecule has 0 amide bonds. The molecule has 6 nitrogen and oxygen atoms in total. The molecular weight excluding hydrogens is 424 g/mol. The van der Waals surface area contributed by atoms with Crippen molar-refractivity contribution >= 4 is 43.7 Å². The summed E-state index contributed by atoms with van der Waals surface area (Å²) in [6.45, 7) is 0.492. The van der Waals surface area contributed by atoms with E-state index in [4.69, 9.17) is 11.6 Å². The molecule has 1 aliphatic carbocycles. The van der Waals surface area contributed by atoms with Gasteiger partial charge in [-0.25, -0.2) is 8.42 Å². The Morgan fingerprint density at radius 2 is 1.93 bits per heavy atom. The Hall–Kier alpha value is -2.77. The summed E-state index contributed by atoms with van der Waals surface area (Å²) in [7, 11) is -3.77. The van der Waals surface area contributed by atoms with Crippen LogP contribution in [-0.2, 0) is 16.4 Å². The number of rotatable bonds is 4. The van der Waals surface area contributed by atoms with E-state index in [2.05, 4.69) is 5.32 Å². The molecule has 0 radical (unpaired) electrons. The molecule has 0 unspecified atom stereocenters. The molecule has 0 saturated heterocycles. The number of hydrogen-bond donors (Lipinski definition) is 2. The van der Waals surface area contributed by atoms with Crippen LogP contribution in [0.15, 0.2) is 57.6 Å². The van der Waals surface area contributed by atoms with Gasteiger partial charge in [0.25, 0.3) is 5.56 Å². The molecule has 2 N–H and O–H groups in total. The number of benzene rings is 2. The summed E-state index contributed by atoms with van der Waals surface area (Å²) >= 11 is 6.15. The third kappa shape index (κ3) is 3.18. The fraction of sp³-hybridized carbons (Fsp3) is 0.227. The maximum atomic E-state index is 13.4. The second-order valence-corrected chi connectivity index (χ2v) is 9.97. The molecule has 8 heteroatoms. The molecule has 5 rings (SSSR count). The van der Waals surface area contributed by atoms with Crippen molar-refractivity contribution in [1.82, 2.24) is 4.57 Å². The molecule has 1 aromatic heterocycles. The van der Waals surface area contributed by atoms with Gasteiger partial charge in [0.05, 0.1) is 27.2 Å². The van der Waals surface area contributed by atoms with E-state index in [1.807, 2.05) is 0 Å². The van der Waals surface area contributed by atoms with Crippen LogP contribution in [0.3, 0.4) is 0 Å². The molecule has 1 fully saturated rings. The van der Waals surface area contributed by atoms with Crippen LogP contribution in [0.2, 0.25) is 5.02 Å². The molecule has 1 saturated carbocycles. The summed E-state index contributed by atoms with van der Waals surface area (Å²) in [4.78, 5) is 13.6. The van der Waals surface area contributed by atoms with Gasteiger partial charge in [0.1, 0.15) is 11.3 Å². The van der Waals surface area contributed by atoms with E-state index < -0.39 is 15.4 Å². The maximum absolute atomic E-state index is 13.4. The fourth-order valence-electron chi connectivity index (χ4n) is 3.93. The van der Waals surface area contributed by atoms with Gasteiger partial charge in [-0.15, -0.1) is 0 Å². The van der Waals surface area contributed by atoms with Crippen LogP contribution in [-0.4, -0.2) is 18.1 Å². The van der Waals surface area contributed by atoms with Gasteiger partial charge in [0, 0.05) is 17.0 Å². The lowest BCUT2D eigenvalue weighted by Gasteiger charge is -2.21. The SMILES string of the molecule is O=c1c(C2=CS(=O)(=O)c3ccccc3N2)c(O)c2cc(Cl)ccc2n1CCC1CC1. The molecular formula is C22H19ClN2O4S. The molecule has 2 aliphatic rings. The van der Waals surface area contributed by atoms with Crippen molar-refractivity contribution in [3.8, 4) is 5.75 Å². The van der Waals surface area contributed by atoms with E-state index >= 15 is 0 Å². The minimum Gasteiger partial charge on any atom is -0.506 e. The Labute approximate surface area is 178 Å². The van der Waals surface area contributed by atoms with Gasteiger partial charge in [-0.2, -0.15) is 0 Å². The molecule has 1 aliphatic heterocycles. The number of aromatic hydroxyl groups is 1. The van der Waals surface area contributed by atoms with Crippen LogP contribution in [0.5, 0.6) is 5.75 Å². The molecule has 0 bridgehead atoms. The minimum atomic E-state index is -3.77. The largest absolute Gasteiger partial charge is 0.506 e. The highest BCUT2D eigenvalue weighted by Gasteiger charge is 2.29. The van der Waals surface area contributed by atoms with Crippen LogP contribution >= 0.6 is 11.6 Å². The molecule has 2 aromatic carbocycles. The van der Waals surface area contributed by atoms with Crippen molar-refractivity contribution in [2.45, 2.75) is 30.7 Å². The lowest BCUT2D eigenvalue weighted by molar-refractivity contribution is 0.475. The molecule has 154 valence electrons. The van der Waals surface area contributed by atoms with E-state index in [0.717, 1.165) is 24.7 Å². The number of aryl methyl sites for hydroxylation is 1. The first-order valence-electron chi connectivity index (χ1n) is 9.73. The van der Waals surface area contributed by atoms with Crippen molar-refractivity contribution in [2.75, 3.05) is 5.32 Å². The number of nitrogens with one attached hydrogen (secondary N) is 1. The highest BCUT2D eigenvalue weighted by atomic mass is 35.5. The third-order valence-corrected chi connectivity index (χ3v) is 7.41. The lowest BCUT2D eigenvalue weighted by atomic mass is 10.1. The molecule has 3 aromatic rings. The van der Waals surface area contributed by atoms with Crippen LogP contribution in [0.4, 0.5) is 5.69 Å². The number of pyridine rings is 1. The quantitative estimate of drug-likeness (QED) is 0.626. The molecule has 30 heavy (non-hydrogen) atoms. The Morgan fingerprint density at radius 1 is 1.17 bits per heavy atom. The zero-order valence-electron chi connectivity index (χ0n) is 15.9. The summed E-state index contributed by atoms with van der Waals surface area (Å²) in [6, 6.07) is 11.4. The standard InChI is InChI=1S/C22H19ClN2O4S/c23-14-7-8-18-15(11-14)21(26)20(22(27)25(18)10-9-13-5-6-13)17-12-30(28,29)19-4-2-1-3-16(19)24-17/h1-4,7-8,11-13,24,26H,5-6,9-10H2. The Bertz CT molecular complexity index is 1390. The smallest absolute Gasteiger partial charge is 0.264 e. The summed E-state index contributed by atoms with van der Waals surface area (Å²) in [5.74, 6) is 0.323. The average Bonchev–Trinajstić information content (AvgIpc) is 3.52. The second-order valence-electron chi connectivity index (χ2n) is 7.77. The predicted octanol–water partition coefficient (Wildman–Crippen LogP) is 4.36. The average molecular weight is 443 g/mol. The van der Waals surface area contributed by atoms with Crippen molar-refractivity contribution in [3.05, 3.63) is 68.8 Å². The highest BCUT2D eigenvalue weighted by molar-refractivity contribution is 7.94. The predicted molar refractivity (Wildman–Crippen MR) is 117 cm³/mol. The number of aromatic nitrogens is 1. The number of nitrogens with zero attached hydrogens (tertiary/aromatic N) is 1. The molecule has 2 heterocycles. The van der Waals surface area contributed by atoms with Crippen molar-refractivity contribution in [3.63, 3.8) is 0 Å². The van der Waals surface area contributed by atoms with Crippen LogP contribution in [0.25, 0.3) is 16.6 Å². The van der Waals surface area contributed by atoms with Gasteiger partial charge in [-0.3, -0.25) is 4.79 Å². The molecule has 0 spiro atoms. The van der Waals surface area contributed by atoms with Crippen LogP contribution in [0, 0.1) is 5.92 Å². The number of sulfone groups is 1. The Morgan fingerprint density at radius 3 is 2.70 bits per heavy atom. The minimum absolute atomic E-state index is 0.0539. The zero-order chi connectivity index (χ0) is 21.0. The van der Waals surface area contributed by atoms with E-state index in [-0.39, 0.29) is 21.9 Å². The first-order chi connectivity index (χ1) is 14.3. The second kappa shape index (κ2) is 6.89.